The van der Waals surface area contributed by atoms with Crippen molar-refractivity contribution in [3.63, 3.8) is 0 Å². The zero-order valence-electron chi connectivity index (χ0n) is 12.4. The van der Waals surface area contributed by atoms with Crippen molar-refractivity contribution in [2.24, 2.45) is 0 Å². The average Bonchev–Trinajstić information content (AvgIpc) is 2.47. The Bertz CT molecular complexity index is 468. The zero-order chi connectivity index (χ0) is 15.3. The van der Waals surface area contributed by atoms with E-state index in [0.29, 0.717) is 0 Å². The van der Waals surface area contributed by atoms with Crippen LogP contribution in [0.1, 0.15) is 44.6 Å². The van der Waals surface area contributed by atoms with Gasteiger partial charge in [-0.05, 0) is 37.5 Å². The second-order valence-corrected chi connectivity index (χ2v) is 6.86. The highest BCUT2D eigenvalue weighted by Crippen LogP contribution is 2.22. The van der Waals surface area contributed by atoms with E-state index in [1.54, 1.807) is 6.92 Å². The smallest absolute Gasteiger partial charge is 0.315 e. The van der Waals surface area contributed by atoms with Gasteiger partial charge in [-0.3, -0.25) is 0 Å². The molecule has 1 saturated carbocycles. The lowest BCUT2D eigenvalue weighted by molar-refractivity contribution is 0.0592. The topological polar surface area (TPSA) is 61.4 Å². The molecule has 0 spiro atoms. The molecule has 1 aliphatic carbocycles. The summed E-state index contributed by atoms with van der Waals surface area (Å²) in [6.07, 6.45) is 5.73. The lowest BCUT2D eigenvalue weighted by Gasteiger charge is -2.26. The van der Waals surface area contributed by atoms with E-state index in [-0.39, 0.29) is 18.6 Å². The summed E-state index contributed by atoms with van der Waals surface area (Å²) in [6.45, 7) is 1.89. The van der Waals surface area contributed by atoms with Gasteiger partial charge in [-0.15, -0.1) is 0 Å². The van der Waals surface area contributed by atoms with Crippen molar-refractivity contribution in [2.45, 2.75) is 50.7 Å². The van der Waals surface area contributed by atoms with Gasteiger partial charge in [0, 0.05) is 10.5 Å². The van der Waals surface area contributed by atoms with Crippen LogP contribution in [0.25, 0.3) is 0 Å². The van der Waals surface area contributed by atoms with Crippen LogP contribution >= 0.6 is 15.9 Å². The van der Waals surface area contributed by atoms with Gasteiger partial charge >= 0.3 is 6.03 Å². The van der Waals surface area contributed by atoms with E-state index in [2.05, 4.69) is 26.6 Å². The number of nitrogens with one attached hydrogen (secondary N) is 2. The quantitative estimate of drug-likeness (QED) is 0.776. The summed E-state index contributed by atoms with van der Waals surface area (Å²) in [4.78, 5) is 11.9. The standard InChI is InChI=1S/C16H23BrN2O2/c1-16(21,12-7-9-13(17)10-8-12)11-18-15(20)19-14-5-3-2-4-6-14/h7-10,14,21H,2-6,11H2,1H3,(H2,18,19,20). The van der Waals surface area contributed by atoms with Gasteiger partial charge in [-0.1, -0.05) is 47.3 Å². The number of hydrogen-bond donors (Lipinski definition) is 3. The Kier molecular flexibility index (Phi) is 5.65. The van der Waals surface area contributed by atoms with Crippen molar-refractivity contribution in [2.75, 3.05) is 6.54 Å². The van der Waals surface area contributed by atoms with Crippen LogP contribution in [0.4, 0.5) is 4.79 Å². The average molecular weight is 355 g/mol. The first-order valence-electron chi connectivity index (χ1n) is 7.50. The number of rotatable bonds is 4. The van der Waals surface area contributed by atoms with Crippen LogP contribution in [0, 0.1) is 0 Å². The molecule has 0 radical (unpaired) electrons. The molecule has 1 aliphatic rings. The Hall–Kier alpha value is -1.07. The fourth-order valence-corrected chi connectivity index (χ4v) is 2.91. The highest BCUT2D eigenvalue weighted by molar-refractivity contribution is 9.10. The van der Waals surface area contributed by atoms with E-state index >= 15 is 0 Å². The van der Waals surface area contributed by atoms with E-state index < -0.39 is 5.60 Å². The molecule has 1 aromatic rings. The molecular formula is C16H23BrN2O2. The largest absolute Gasteiger partial charge is 0.384 e. The molecule has 1 atom stereocenters. The third kappa shape index (κ3) is 5.00. The molecule has 0 bridgehead atoms. The molecule has 21 heavy (non-hydrogen) atoms. The van der Waals surface area contributed by atoms with E-state index in [4.69, 9.17) is 0 Å². The first kappa shape index (κ1) is 16.3. The van der Waals surface area contributed by atoms with Crippen LogP contribution < -0.4 is 10.6 Å². The minimum atomic E-state index is -1.08. The minimum absolute atomic E-state index is 0.188. The Balaban J connectivity index is 1.82. The van der Waals surface area contributed by atoms with Crippen LogP contribution in [-0.2, 0) is 5.60 Å². The van der Waals surface area contributed by atoms with Crippen LogP contribution in [-0.4, -0.2) is 23.7 Å². The van der Waals surface area contributed by atoms with E-state index in [0.717, 1.165) is 22.9 Å². The lowest BCUT2D eigenvalue weighted by Crippen LogP contribution is -2.47. The molecule has 5 heteroatoms. The first-order chi connectivity index (χ1) is 9.97. The van der Waals surface area contributed by atoms with Crippen molar-refractivity contribution in [3.05, 3.63) is 34.3 Å². The maximum atomic E-state index is 11.9. The summed E-state index contributed by atoms with van der Waals surface area (Å²) in [5.41, 5.74) is -0.298. The number of hydrogen-bond acceptors (Lipinski definition) is 2. The summed E-state index contributed by atoms with van der Waals surface area (Å²) in [5, 5.41) is 16.2. The van der Waals surface area contributed by atoms with Gasteiger partial charge in [0.25, 0.3) is 0 Å². The van der Waals surface area contributed by atoms with Crippen molar-refractivity contribution in [3.8, 4) is 0 Å². The molecular weight excluding hydrogens is 332 g/mol. The molecule has 0 aromatic heterocycles. The predicted molar refractivity (Wildman–Crippen MR) is 87.1 cm³/mol. The van der Waals surface area contributed by atoms with Gasteiger partial charge in [-0.2, -0.15) is 0 Å². The Labute approximate surface area is 134 Å². The second-order valence-electron chi connectivity index (χ2n) is 5.94. The van der Waals surface area contributed by atoms with Crippen molar-refractivity contribution in [1.82, 2.24) is 10.6 Å². The molecule has 1 fully saturated rings. The van der Waals surface area contributed by atoms with Gasteiger partial charge in [0.15, 0.2) is 0 Å². The number of halogens is 1. The molecule has 1 aromatic carbocycles. The fraction of sp³-hybridized carbons (Fsp3) is 0.562. The molecule has 2 rings (SSSR count). The van der Waals surface area contributed by atoms with Crippen LogP contribution in [0.5, 0.6) is 0 Å². The Morgan fingerprint density at radius 2 is 1.90 bits per heavy atom. The molecule has 116 valence electrons. The van der Waals surface area contributed by atoms with Gasteiger partial charge in [0.2, 0.25) is 0 Å². The molecule has 4 nitrogen and oxygen atoms in total. The summed E-state index contributed by atoms with van der Waals surface area (Å²) in [5.74, 6) is 0. The third-order valence-electron chi connectivity index (χ3n) is 4.00. The number of carbonyl (C=O) groups excluding carboxylic acids is 1. The van der Waals surface area contributed by atoms with Crippen LogP contribution in [0.3, 0.4) is 0 Å². The molecule has 0 aliphatic heterocycles. The van der Waals surface area contributed by atoms with Gasteiger partial charge in [0.1, 0.15) is 5.60 Å². The first-order valence-corrected chi connectivity index (χ1v) is 8.29. The van der Waals surface area contributed by atoms with Gasteiger partial charge in [0.05, 0.1) is 6.54 Å². The summed E-state index contributed by atoms with van der Waals surface area (Å²) in [7, 11) is 0. The third-order valence-corrected chi connectivity index (χ3v) is 4.53. The zero-order valence-corrected chi connectivity index (χ0v) is 13.9. The minimum Gasteiger partial charge on any atom is -0.384 e. The van der Waals surface area contributed by atoms with Crippen molar-refractivity contribution in [1.29, 1.82) is 0 Å². The fourth-order valence-electron chi connectivity index (χ4n) is 2.65. The van der Waals surface area contributed by atoms with Crippen LogP contribution in [0.15, 0.2) is 28.7 Å². The number of aliphatic hydroxyl groups is 1. The van der Waals surface area contributed by atoms with E-state index in [9.17, 15) is 9.90 Å². The molecule has 1 unspecified atom stereocenters. The SMILES string of the molecule is CC(O)(CNC(=O)NC1CCCCC1)c1ccc(Br)cc1. The number of carbonyl (C=O) groups is 1. The Morgan fingerprint density at radius 1 is 1.29 bits per heavy atom. The second kappa shape index (κ2) is 7.27. The maximum absolute atomic E-state index is 11.9. The van der Waals surface area contributed by atoms with Crippen molar-refractivity contribution < 1.29 is 9.90 Å². The van der Waals surface area contributed by atoms with Gasteiger partial charge < -0.3 is 15.7 Å². The summed E-state index contributed by atoms with van der Waals surface area (Å²) in [6, 6.07) is 7.55. The monoisotopic (exact) mass is 354 g/mol. The number of urea groups is 1. The number of benzene rings is 1. The van der Waals surface area contributed by atoms with Crippen LogP contribution in [0.2, 0.25) is 0 Å². The molecule has 0 heterocycles. The highest BCUT2D eigenvalue weighted by Gasteiger charge is 2.24. The molecule has 3 N–H and O–H groups in total. The molecule has 0 saturated heterocycles. The predicted octanol–water partition coefficient (Wildman–Crippen LogP) is 3.29. The summed E-state index contributed by atoms with van der Waals surface area (Å²) >= 11 is 3.37. The summed E-state index contributed by atoms with van der Waals surface area (Å²) < 4.78 is 0.963. The van der Waals surface area contributed by atoms with Crippen molar-refractivity contribution >= 4 is 22.0 Å². The maximum Gasteiger partial charge on any atom is 0.315 e. The van der Waals surface area contributed by atoms with E-state index in [1.165, 1.54) is 19.3 Å². The Morgan fingerprint density at radius 3 is 2.52 bits per heavy atom. The lowest BCUT2D eigenvalue weighted by atomic mass is 9.95. The normalized spacial score (nSPS) is 18.8. The highest BCUT2D eigenvalue weighted by atomic mass is 79.9. The van der Waals surface area contributed by atoms with Gasteiger partial charge in [-0.25, -0.2) is 4.79 Å². The van der Waals surface area contributed by atoms with E-state index in [1.807, 2.05) is 24.3 Å². The number of amides is 2. The molecule has 2 amide bonds.